The number of fused-ring (bicyclic) bond motifs is 1. The summed E-state index contributed by atoms with van der Waals surface area (Å²) >= 11 is 5.70. The molecular formula is C24H29N6O7PS. The zero-order valence-corrected chi connectivity index (χ0v) is 23.1. The molecule has 1 aliphatic heterocycles. The molecule has 0 amide bonds. The van der Waals surface area contributed by atoms with Gasteiger partial charge in [0.05, 0.1) is 19.0 Å². The number of para-hydroxylation sites is 1. The summed E-state index contributed by atoms with van der Waals surface area (Å²) in [6, 6.07) is 7.77. The smallest absolute Gasteiger partial charge is 0.323 e. The summed E-state index contributed by atoms with van der Waals surface area (Å²) in [7, 11) is 0. The molecule has 0 saturated carbocycles. The van der Waals surface area contributed by atoms with Gasteiger partial charge in [0.1, 0.15) is 35.8 Å². The summed E-state index contributed by atoms with van der Waals surface area (Å²) in [5.41, 5.74) is 4.19. The van der Waals surface area contributed by atoms with Crippen LogP contribution < -0.4 is 15.3 Å². The number of anilines is 1. The van der Waals surface area contributed by atoms with E-state index in [4.69, 9.17) is 42.5 Å². The Morgan fingerprint density at radius 2 is 2.05 bits per heavy atom. The number of aliphatic hydroxyl groups is 2. The number of hydrogen-bond donors (Lipinski definition) is 4. The van der Waals surface area contributed by atoms with Gasteiger partial charge in [-0.25, -0.2) is 20.0 Å². The van der Waals surface area contributed by atoms with Crippen molar-refractivity contribution in [3.63, 3.8) is 0 Å². The van der Waals surface area contributed by atoms with Gasteiger partial charge in [0.2, 0.25) is 0 Å². The Hall–Kier alpha value is -3.15. The first-order chi connectivity index (χ1) is 18.5. The van der Waals surface area contributed by atoms with E-state index in [1.54, 1.807) is 51.1 Å². The average molecular weight is 577 g/mol. The van der Waals surface area contributed by atoms with Crippen molar-refractivity contribution in [1.29, 1.82) is 0 Å². The summed E-state index contributed by atoms with van der Waals surface area (Å²) in [4.78, 5) is 24.7. The van der Waals surface area contributed by atoms with Gasteiger partial charge >= 0.3 is 12.6 Å². The lowest BCUT2D eigenvalue weighted by Crippen LogP contribution is -2.46. The van der Waals surface area contributed by atoms with Crippen LogP contribution in [0.2, 0.25) is 0 Å². The second-order valence-electron chi connectivity index (χ2n) is 9.06. The lowest BCUT2D eigenvalue weighted by molar-refractivity contribution is -0.149. The van der Waals surface area contributed by atoms with E-state index < -0.39 is 42.7 Å². The van der Waals surface area contributed by atoms with E-state index in [9.17, 15) is 15.0 Å². The van der Waals surface area contributed by atoms with Crippen LogP contribution in [0.4, 0.5) is 5.82 Å². The Labute approximate surface area is 229 Å². The highest BCUT2D eigenvalue weighted by Gasteiger charge is 2.56. The second kappa shape index (κ2) is 11.5. The third-order valence-corrected chi connectivity index (χ3v) is 8.29. The fourth-order valence-corrected chi connectivity index (χ4v) is 6.30. The Balaban J connectivity index is 1.57. The predicted molar refractivity (Wildman–Crippen MR) is 145 cm³/mol. The van der Waals surface area contributed by atoms with Crippen LogP contribution >= 0.6 is 6.64 Å². The molecule has 0 bridgehead atoms. The molecule has 0 radical (unpaired) electrons. The van der Waals surface area contributed by atoms with Crippen molar-refractivity contribution in [2.24, 2.45) is 0 Å². The first-order valence-electron chi connectivity index (χ1n) is 11.9. The van der Waals surface area contributed by atoms with Crippen molar-refractivity contribution < 1.29 is 33.5 Å². The minimum atomic E-state index is -3.45. The summed E-state index contributed by atoms with van der Waals surface area (Å²) in [5, 5.41) is 25.2. The number of nitrogens with zero attached hydrogens (tertiary/aromatic N) is 4. The number of terminal acetylenes is 1. The number of hydrogen-bond acceptors (Lipinski definition) is 12. The fourth-order valence-electron chi connectivity index (χ4n) is 3.89. The lowest BCUT2D eigenvalue weighted by atomic mass is 9.95. The number of benzene rings is 1. The number of imidazole rings is 1. The van der Waals surface area contributed by atoms with E-state index in [1.165, 1.54) is 17.2 Å². The maximum Gasteiger partial charge on any atom is 0.323 e. The zero-order valence-electron chi connectivity index (χ0n) is 21.4. The van der Waals surface area contributed by atoms with Gasteiger partial charge in [0.15, 0.2) is 23.3 Å². The topological polar surface area (TPSA) is 176 Å². The van der Waals surface area contributed by atoms with Crippen LogP contribution in [-0.4, -0.2) is 72.3 Å². The van der Waals surface area contributed by atoms with Crippen molar-refractivity contribution in [2.45, 2.75) is 57.0 Å². The van der Waals surface area contributed by atoms with Gasteiger partial charge in [-0.05, 0) is 44.7 Å². The van der Waals surface area contributed by atoms with Crippen LogP contribution in [0.15, 0.2) is 43.0 Å². The predicted octanol–water partition coefficient (Wildman–Crippen LogP) is 1.28. The number of ether oxygens (including phenoxy) is 2. The first-order valence-corrected chi connectivity index (χ1v) is 14.6. The SMILES string of the molecule is C#C[C@@]1(O)[C@H](O)[C@@H](COP(=S)(NC(C)C(=O)OC(C)C)Oc2ccccc2)O[C@H]1n1cnc2c(N)ncnc21. The number of nitrogens with one attached hydrogen (secondary N) is 1. The molecule has 13 nitrogen and oxygen atoms in total. The van der Waals surface area contributed by atoms with Crippen molar-refractivity contribution >= 4 is 41.4 Å². The second-order valence-corrected chi connectivity index (χ2v) is 12.2. The third kappa shape index (κ3) is 6.05. The van der Waals surface area contributed by atoms with Crippen molar-refractivity contribution in [3.05, 3.63) is 43.0 Å². The van der Waals surface area contributed by atoms with Gasteiger partial charge in [-0.3, -0.25) is 9.36 Å². The van der Waals surface area contributed by atoms with Gasteiger partial charge in [-0.15, -0.1) is 6.42 Å². The minimum absolute atomic E-state index is 0.122. The Morgan fingerprint density at radius 1 is 1.33 bits per heavy atom. The van der Waals surface area contributed by atoms with Gasteiger partial charge in [-0.1, -0.05) is 24.1 Å². The summed E-state index contributed by atoms with van der Waals surface area (Å²) < 4.78 is 24.5. The van der Waals surface area contributed by atoms with E-state index in [2.05, 4.69) is 26.0 Å². The van der Waals surface area contributed by atoms with Crippen LogP contribution in [0.1, 0.15) is 27.0 Å². The summed E-state index contributed by atoms with van der Waals surface area (Å²) in [5.74, 6) is 2.18. The molecule has 2 aromatic heterocycles. The quantitative estimate of drug-likeness (QED) is 0.154. The highest BCUT2D eigenvalue weighted by Crippen LogP contribution is 2.47. The van der Waals surface area contributed by atoms with Gasteiger partial charge in [0.25, 0.3) is 0 Å². The minimum Gasteiger partial charge on any atom is -0.462 e. The van der Waals surface area contributed by atoms with E-state index >= 15 is 0 Å². The molecule has 0 aliphatic carbocycles. The number of esters is 1. The maximum atomic E-state index is 12.5. The Bertz CT molecular complexity index is 1420. The Morgan fingerprint density at radius 3 is 2.72 bits per heavy atom. The number of aliphatic hydroxyl groups excluding tert-OH is 1. The molecule has 1 aliphatic rings. The summed E-state index contributed by atoms with van der Waals surface area (Å²) in [6.07, 6.45) is 3.79. The summed E-state index contributed by atoms with van der Waals surface area (Å²) in [6.45, 7) is 1.22. The molecule has 3 heterocycles. The molecule has 1 aromatic carbocycles. The molecule has 39 heavy (non-hydrogen) atoms. The largest absolute Gasteiger partial charge is 0.462 e. The van der Waals surface area contributed by atoms with Gasteiger partial charge in [-0.2, -0.15) is 0 Å². The molecule has 3 aromatic rings. The molecule has 4 rings (SSSR count). The van der Waals surface area contributed by atoms with Gasteiger partial charge in [0, 0.05) is 0 Å². The average Bonchev–Trinajstić information content (AvgIpc) is 3.43. The van der Waals surface area contributed by atoms with Crippen LogP contribution in [0.25, 0.3) is 11.2 Å². The lowest BCUT2D eigenvalue weighted by Gasteiger charge is -2.28. The van der Waals surface area contributed by atoms with E-state index in [0.717, 1.165) is 0 Å². The van der Waals surface area contributed by atoms with Crippen LogP contribution in [0.3, 0.4) is 0 Å². The van der Waals surface area contributed by atoms with E-state index in [1.807, 2.05) is 0 Å². The normalized spacial score (nSPS) is 25.2. The molecule has 0 spiro atoms. The highest BCUT2D eigenvalue weighted by atomic mass is 32.5. The molecule has 1 saturated heterocycles. The Kier molecular flexibility index (Phi) is 8.53. The monoisotopic (exact) mass is 576 g/mol. The van der Waals surface area contributed by atoms with E-state index in [-0.39, 0.29) is 29.7 Å². The fraction of sp³-hybridized carbons (Fsp3) is 0.417. The molecule has 2 unspecified atom stereocenters. The molecule has 5 N–H and O–H groups in total. The molecule has 208 valence electrons. The van der Waals surface area contributed by atoms with Crippen molar-refractivity contribution in [3.8, 4) is 18.1 Å². The molecule has 15 heteroatoms. The molecule has 1 fully saturated rings. The molecule has 6 atom stereocenters. The van der Waals surface area contributed by atoms with Crippen LogP contribution in [0, 0.1) is 12.3 Å². The number of carbonyl (C=O) groups excluding carboxylic acids is 1. The zero-order chi connectivity index (χ0) is 28.4. The maximum absolute atomic E-state index is 12.5. The molecular weight excluding hydrogens is 547 g/mol. The first kappa shape index (κ1) is 28.8. The standard InChI is InChI=1S/C24H29N6O7PS/c1-5-24(33)19(31)17(36-23(24)30-13-28-18-20(25)26-12-27-21(18)30)11-34-38(39,37-16-9-7-6-8-10-16)29-15(4)22(32)35-14(2)3/h1,6-10,12-15,17,19,23,31,33H,11H2,2-4H3,(H,29,39)(H2,25,26,27)/t15?,17-,19-,23-,24-,38?/m1/s1. The van der Waals surface area contributed by atoms with Crippen LogP contribution in [-0.2, 0) is 30.6 Å². The number of carbonyl (C=O) groups is 1. The van der Waals surface area contributed by atoms with E-state index in [0.29, 0.717) is 5.75 Å². The van der Waals surface area contributed by atoms with Crippen molar-refractivity contribution in [2.75, 3.05) is 12.3 Å². The highest BCUT2D eigenvalue weighted by molar-refractivity contribution is 8.09. The number of aromatic nitrogens is 4. The van der Waals surface area contributed by atoms with Gasteiger partial charge < -0.3 is 34.5 Å². The number of nitrogen functional groups attached to an aromatic ring is 1. The number of rotatable bonds is 10. The third-order valence-electron chi connectivity index (χ3n) is 5.79. The van der Waals surface area contributed by atoms with Crippen molar-refractivity contribution in [1.82, 2.24) is 24.6 Å². The number of nitrogens with two attached hydrogens (primary N) is 1. The van der Waals surface area contributed by atoms with Crippen LogP contribution in [0.5, 0.6) is 5.75 Å².